The number of carbonyl (C=O) groups is 2. The molecule has 0 aliphatic rings. The summed E-state index contributed by atoms with van der Waals surface area (Å²) in [6, 6.07) is 1.50. The molecule has 18 heavy (non-hydrogen) atoms. The summed E-state index contributed by atoms with van der Waals surface area (Å²) in [5, 5.41) is 15.4. The maximum atomic E-state index is 11.9. The van der Waals surface area contributed by atoms with Crippen LogP contribution in [-0.4, -0.2) is 27.7 Å². The van der Waals surface area contributed by atoms with Crippen LogP contribution in [0, 0.1) is 12.3 Å². The molecular weight excluding hydrogens is 236 g/mol. The Bertz CT molecular complexity index is 474. The predicted octanol–water partition coefficient (Wildman–Crippen LogP) is 1.60. The van der Waals surface area contributed by atoms with E-state index in [2.05, 4.69) is 10.5 Å². The van der Waals surface area contributed by atoms with Crippen molar-refractivity contribution >= 4 is 11.9 Å². The summed E-state index contributed by atoms with van der Waals surface area (Å²) in [5.74, 6) is -0.911. The average Bonchev–Trinajstić information content (AvgIpc) is 2.63. The molecule has 1 rings (SSSR count). The van der Waals surface area contributed by atoms with Crippen LogP contribution in [0.4, 0.5) is 0 Å². The van der Waals surface area contributed by atoms with Crippen LogP contribution in [0.15, 0.2) is 10.6 Å². The van der Waals surface area contributed by atoms with Crippen LogP contribution in [0.25, 0.3) is 0 Å². The molecule has 0 aromatic carbocycles. The number of aryl methyl sites for hydroxylation is 1. The zero-order valence-electron chi connectivity index (χ0n) is 11.2. The van der Waals surface area contributed by atoms with Gasteiger partial charge in [0.25, 0.3) is 5.91 Å². The first kappa shape index (κ1) is 14.2. The van der Waals surface area contributed by atoms with E-state index >= 15 is 0 Å². The van der Waals surface area contributed by atoms with Gasteiger partial charge in [0.1, 0.15) is 5.76 Å². The summed E-state index contributed by atoms with van der Waals surface area (Å²) in [5.41, 5.74) is -1.90. The third kappa shape index (κ3) is 2.52. The van der Waals surface area contributed by atoms with Gasteiger partial charge in [-0.05, 0) is 34.6 Å². The number of hydrogen-bond acceptors (Lipinski definition) is 4. The van der Waals surface area contributed by atoms with E-state index in [-0.39, 0.29) is 5.69 Å². The number of rotatable bonds is 4. The number of nitrogens with zero attached hydrogens (tertiary/aromatic N) is 1. The highest BCUT2D eigenvalue weighted by Gasteiger charge is 2.44. The number of nitrogens with one attached hydrogen (secondary N) is 1. The molecule has 6 nitrogen and oxygen atoms in total. The normalized spacial score (nSPS) is 12.3. The lowest BCUT2D eigenvalue weighted by molar-refractivity contribution is -0.150. The number of amides is 1. The van der Waals surface area contributed by atoms with Gasteiger partial charge in [0, 0.05) is 6.07 Å². The first-order valence-electron chi connectivity index (χ1n) is 5.57. The molecule has 0 atom stereocenters. The van der Waals surface area contributed by atoms with Crippen molar-refractivity contribution in [1.82, 2.24) is 10.5 Å². The van der Waals surface area contributed by atoms with E-state index in [0.717, 1.165) is 0 Å². The molecule has 1 heterocycles. The molecule has 100 valence electrons. The van der Waals surface area contributed by atoms with E-state index in [1.807, 2.05) is 0 Å². The molecule has 0 saturated heterocycles. The van der Waals surface area contributed by atoms with Crippen LogP contribution in [0.2, 0.25) is 0 Å². The lowest BCUT2D eigenvalue weighted by Gasteiger charge is -2.38. The van der Waals surface area contributed by atoms with Crippen molar-refractivity contribution in [2.45, 2.75) is 40.2 Å². The molecule has 0 fully saturated rings. The van der Waals surface area contributed by atoms with Gasteiger partial charge >= 0.3 is 5.97 Å². The van der Waals surface area contributed by atoms with Gasteiger partial charge < -0.3 is 14.9 Å². The van der Waals surface area contributed by atoms with Crippen molar-refractivity contribution in [3.8, 4) is 0 Å². The van der Waals surface area contributed by atoms with E-state index in [9.17, 15) is 14.7 Å². The van der Waals surface area contributed by atoms with Crippen molar-refractivity contribution in [3.63, 3.8) is 0 Å². The zero-order chi connectivity index (χ0) is 14.1. The summed E-state index contributed by atoms with van der Waals surface area (Å²) in [6.07, 6.45) is 0. The summed E-state index contributed by atoms with van der Waals surface area (Å²) < 4.78 is 4.81. The second-order valence-corrected chi connectivity index (χ2v) is 5.33. The SMILES string of the molecule is Cc1cc(C(=O)NC(C)(C)C(C)(C)C(=O)O)no1. The smallest absolute Gasteiger partial charge is 0.311 e. The van der Waals surface area contributed by atoms with Crippen molar-refractivity contribution in [1.29, 1.82) is 0 Å². The molecule has 1 aromatic heterocycles. The molecule has 0 aliphatic heterocycles. The predicted molar refractivity (Wildman–Crippen MR) is 64.2 cm³/mol. The number of carboxylic acid groups (broad SMARTS) is 1. The Balaban J connectivity index is 2.90. The number of aromatic nitrogens is 1. The average molecular weight is 254 g/mol. The van der Waals surface area contributed by atoms with Gasteiger partial charge in [0.15, 0.2) is 5.69 Å². The fourth-order valence-corrected chi connectivity index (χ4v) is 1.24. The Hall–Kier alpha value is -1.85. The fraction of sp³-hybridized carbons (Fsp3) is 0.583. The molecule has 1 amide bonds. The minimum atomic E-state index is -1.11. The van der Waals surface area contributed by atoms with Crippen LogP contribution < -0.4 is 5.32 Å². The topological polar surface area (TPSA) is 92.4 Å². The van der Waals surface area contributed by atoms with Gasteiger partial charge in [-0.25, -0.2) is 0 Å². The van der Waals surface area contributed by atoms with Gasteiger partial charge in [0.2, 0.25) is 0 Å². The molecule has 1 aromatic rings. The zero-order valence-corrected chi connectivity index (χ0v) is 11.2. The van der Waals surface area contributed by atoms with Crippen molar-refractivity contribution in [2.75, 3.05) is 0 Å². The van der Waals surface area contributed by atoms with Crippen molar-refractivity contribution in [2.24, 2.45) is 5.41 Å². The van der Waals surface area contributed by atoms with E-state index in [4.69, 9.17) is 4.52 Å². The lowest BCUT2D eigenvalue weighted by atomic mass is 9.74. The molecule has 0 aliphatic carbocycles. The highest BCUT2D eigenvalue weighted by Crippen LogP contribution is 2.30. The molecule has 0 unspecified atom stereocenters. The van der Waals surface area contributed by atoms with Gasteiger partial charge in [-0.2, -0.15) is 0 Å². The summed E-state index contributed by atoms with van der Waals surface area (Å²) in [7, 11) is 0. The highest BCUT2D eigenvalue weighted by molar-refractivity contribution is 5.93. The maximum absolute atomic E-state index is 11.9. The second kappa shape index (κ2) is 4.44. The van der Waals surface area contributed by atoms with E-state index < -0.39 is 22.8 Å². The van der Waals surface area contributed by atoms with Crippen LogP contribution in [0.5, 0.6) is 0 Å². The Morgan fingerprint density at radius 3 is 2.28 bits per heavy atom. The molecule has 0 bridgehead atoms. The van der Waals surface area contributed by atoms with Crippen molar-refractivity contribution < 1.29 is 19.2 Å². The van der Waals surface area contributed by atoms with Crippen LogP contribution >= 0.6 is 0 Å². The molecule has 0 radical (unpaired) electrons. The third-order valence-electron chi connectivity index (χ3n) is 3.38. The Labute approximate surface area is 105 Å². The molecule has 2 N–H and O–H groups in total. The van der Waals surface area contributed by atoms with E-state index in [1.54, 1.807) is 34.6 Å². The second-order valence-electron chi connectivity index (χ2n) is 5.33. The Morgan fingerprint density at radius 2 is 1.89 bits per heavy atom. The maximum Gasteiger partial charge on any atom is 0.311 e. The van der Waals surface area contributed by atoms with Crippen molar-refractivity contribution in [3.05, 3.63) is 17.5 Å². The van der Waals surface area contributed by atoms with E-state index in [0.29, 0.717) is 5.76 Å². The molecule has 6 heteroatoms. The third-order valence-corrected chi connectivity index (χ3v) is 3.38. The lowest BCUT2D eigenvalue weighted by Crippen LogP contribution is -2.57. The minimum absolute atomic E-state index is 0.141. The van der Waals surface area contributed by atoms with Gasteiger partial charge in [-0.3, -0.25) is 9.59 Å². The number of carboxylic acids is 1. The number of aliphatic carboxylic acids is 1. The first-order valence-corrected chi connectivity index (χ1v) is 5.57. The monoisotopic (exact) mass is 254 g/mol. The van der Waals surface area contributed by atoms with Crippen LogP contribution in [0.3, 0.4) is 0 Å². The number of hydrogen-bond donors (Lipinski definition) is 2. The summed E-state index contributed by atoms with van der Waals surface area (Å²) >= 11 is 0. The van der Waals surface area contributed by atoms with Gasteiger partial charge in [0.05, 0.1) is 11.0 Å². The van der Waals surface area contributed by atoms with Gasteiger partial charge in [-0.1, -0.05) is 5.16 Å². The standard InChI is InChI=1S/C12H18N2O4/c1-7-6-8(14-18-7)9(15)13-12(4,5)11(2,3)10(16)17/h6H,1-5H3,(H,13,15)(H,16,17). The largest absolute Gasteiger partial charge is 0.481 e. The highest BCUT2D eigenvalue weighted by atomic mass is 16.5. The van der Waals surface area contributed by atoms with E-state index in [1.165, 1.54) is 6.07 Å². The minimum Gasteiger partial charge on any atom is -0.481 e. The summed E-state index contributed by atoms with van der Waals surface area (Å²) in [4.78, 5) is 23.1. The van der Waals surface area contributed by atoms with Gasteiger partial charge in [-0.15, -0.1) is 0 Å². The number of carbonyl (C=O) groups excluding carboxylic acids is 1. The first-order chi connectivity index (χ1) is 8.08. The quantitative estimate of drug-likeness (QED) is 0.851. The fourth-order valence-electron chi connectivity index (χ4n) is 1.24. The Morgan fingerprint density at radius 1 is 1.33 bits per heavy atom. The summed E-state index contributed by atoms with van der Waals surface area (Å²) in [6.45, 7) is 8.11. The molecule has 0 saturated carbocycles. The van der Waals surface area contributed by atoms with Crippen LogP contribution in [0.1, 0.15) is 43.9 Å². The van der Waals surface area contributed by atoms with Crippen LogP contribution in [-0.2, 0) is 4.79 Å². The molecular formula is C12H18N2O4. The molecule has 0 spiro atoms. The Kier molecular flexibility index (Phi) is 3.50.